The Kier molecular flexibility index (Phi) is 19.0. The predicted octanol–water partition coefficient (Wildman–Crippen LogP) is 4.95. The summed E-state index contributed by atoms with van der Waals surface area (Å²) in [5.74, 6) is -1.14. The van der Waals surface area contributed by atoms with Gasteiger partial charge in [-0.05, 0) is 18.8 Å². The van der Waals surface area contributed by atoms with Gasteiger partial charge < -0.3 is 20.9 Å². The highest BCUT2D eigenvalue weighted by Crippen LogP contribution is 2.12. The first kappa shape index (κ1) is 30.4. The first-order chi connectivity index (χ1) is 15.3. The minimum Gasteiger partial charge on any atom is -0.480 e. The molecule has 0 aromatic rings. The standard InChI is InChI=1S/C20H41NO2.C5H7NO3/c1-4-6-7-8-9-10-11-12-13-14-15-16-17-23-20(22)19(21)18(3)5-2;7-4-2-1-3(6-4)5(8)9/h18-19H,4-17,21H2,1-3H3;3H,1-2H2,(H,6,7)(H,8,9)/t18-,19-;/m0./s1. The van der Waals surface area contributed by atoms with Crippen molar-refractivity contribution in [3.8, 4) is 0 Å². The fourth-order valence-electron chi connectivity index (χ4n) is 3.50. The summed E-state index contributed by atoms with van der Waals surface area (Å²) in [5, 5.41) is 10.6. The molecule has 1 unspecified atom stereocenters. The summed E-state index contributed by atoms with van der Waals surface area (Å²) in [7, 11) is 0. The van der Waals surface area contributed by atoms with E-state index in [0.717, 1.165) is 19.3 Å². The van der Waals surface area contributed by atoms with Gasteiger partial charge in [0.2, 0.25) is 5.91 Å². The Morgan fingerprint density at radius 1 is 1.00 bits per heavy atom. The molecule has 0 aromatic heterocycles. The maximum absolute atomic E-state index is 11.7. The van der Waals surface area contributed by atoms with Crippen LogP contribution >= 0.6 is 0 Å². The van der Waals surface area contributed by atoms with Crippen molar-refractivity contribution in [2.24, 2.45) is 11.7 Å². The minimum absolute atomic E-state index is 0.164. The molecule has 1 aliphatic heterocycles. The van der Waals surface area contributed by atoms with Crippen LogP contribution in [0.2, 0.25) is 0 Å². The maximum atomic E-state index is 11.7. The molecular formula is C25H48N2O5. The van der Waals surface area contributed by atoms with Crippen molar-refractivity contribution in [1.82, 2.24) is 5.32 Å². The van der Waals surface area contributed by atoms with Crippen LogP contribution in [-0.4, -0.2) is 41.6 Å². The lowest BCUT2D eigenvalue weighted by molar-refractivity contribution is -0.146. The van der Waals surface area contributed by atoms with E-state index in [4.69, 9.17) is 15.6 Å². The van der Waals surface area contributed by atoms with E-state index >= 15 is 0 Å². The van der Waals surface area contributed by atoms with Crippen LogP contribution in [-0.2, 0) is 19.1 Å². The molecule has 0 spiro atoms. The average Bonchev–Trinajstić information content (AvgIpc) is 3.22. The van der Waals surface area contributed by atoms with E-state index in [9.17, 15) is 14.4 Å². The van der Waals surface area contributed by atoms with Gasteiger partial charge in [-0.15, -0.1) is 0 Å². The smallest absolute Gasteiger partial charge is 0.326 e. The fourth-order valence-corrected chi connectivity index (χ4v) is 3.50. The van der Waals surface area contributed by atoms with Gasteiger partial charge in [0.1, 0.15) is 12.1 Å². The highest BCUT2D eigenvalue weighted by Gasteiger charge is 2.26. The third-order valence-corrected chi connectivity index (χ3v) is 6.06. The summed E-state index contributed by atoms with van der Waals surface area (Å²) in [5.41, 5.74) is 5.84. The summed E-state index contributed by atoms with van der Waals surface area (Å²) >= 11 is 0. The number of carbonyl (C=O) groups excluding carboxylic acids is 2. The van der Waals surface area contributed by atoms with Gasteiger partial charge in [0.05, 0.1) is 6.61 Å². The van der Waals surface area contributed by atoms with Crippen LogP contribution in [0.3, 0.4) is 0 Å². The van der Waals surface area contributed by atoms with E-state index in [1.165, 1.54) is 64.2 Å². The van der Waals surface area contributed by atoms with Gasteiger partial charge in [0.25, 0.3) is 0 Å². The number of ether oxygens (including phenoxy) is 1. The molecule has 32 heavy (non-hydrogen) atoms. The highest BCUT2D eigenvalue weighted by molar-refractivity contribution is 5.87. The number of aliphatic carboxylic acids is 1. The van der Waals surface area contributed by atoms with Crippen molar-refractivity contribution in [3.63, 3.8) is 0 Å². The number of carbonyl (C=O) groups is 3. The lowest BCUT2D eigenvalue weighted by Crippen LogP contribution is -2.38. The number of hydrogen-bond donors (Lipinski definition) is 3. The molecule has 7 heteroatoms. The Balaban J connectivity index is 0.000000879. The zero-order valence-corrected chi connectivity index (χ0v) is 20.7. The monoisotopic (exact) mass is 456 g/mol. The highest BCUT2D eigenvalue weighted by atomic mass is 16.5. The normalized spacial score (nSPS) is 17.1. The van der Waals surface area contributed by atoms with E-state index in [-0.39, 0.29) is 17.8 Å². The Morgan fingerprint density at radius 3 is 1.88 bits per heavy atom. The van der Waals surface area contributed by atoms with Crippen molar-refractivity contribution >= 4 is 17.8 Å². The van der Waals surface area contributed by atoms with Gasteiger partial charge >= 0.3 is 11.9 Å². The fraction of sp³-hybridized carbons (Fsp3) is 0.880. The molecule has 1 heterocycles. The van der Waals surface area contributed by atoms with Crippen molar-refractivity contribution < 1.29 is 24.2 Å². The van der Waals surface area contributed by atoms with Crippen LogP contribution in [0.25, 0.3) is 0 Å². The number of hydrogen-bond acceptors (Lipinski definition) is 5. The predicted molar refractivity (Wildman–Crippen MR) is 128 cm³/mol. The number of amides is 1. The summed E-state index contributed by atoms with van der Waals surface area (Å²) in [6, 6.07) is -1.10. The average molecular weight is 457 g/mol. The molecule has 0 saturated carbocycles. The van der Waals surface area contributed by atoms with E-state index in [2.05, 4.69) is 12.2 Å². The minimum atomic E-state index is -0.944. The second-order valence-corrected chi connectivity index (χ2v) is 8.96. The Hall–Kier alpha value is -1.63. The molecule has 0 radical (unpaired) electrons. The van der Waals surface area contributed by atoms with Crippen LogP contribution in [0.4, 0.5) is 0 Å². The SMILES string of the molecule is CCCCCCCCCCCCCCOC(=O)[C@@H](N)[C@@H](C)CC.O=C1CCC(C(=O)O)N1. The molecule has 1 aliphatic rings. The van der Waals surface area contributed by atoms with E-state index < -0.39 is 18.1 Å². The second-order valence-electron chi connectivity index (χ2n) is 8.96. The topological polar surface area (TPSA) is 119 Å². The van der Waals surface area contributed by atoms with Crippen molar-refractivity contribution in [3.05, 3.63) is 0 Å². The van der Waals surface area contributed by atoms with Gasteiger partial charge in [0, 0.05) is 6.42 Å². The van der Waals surface area contributed by atoms with Crippen molar-refractivity contribution in [2.75, 3.05) is 6.61 Å². The lowest BCUT2D eigenvalue weighted by Gasteiger charge is -2.16. The molecule has 1 fully saturated rings. The zero-order chi connectivity index (χ0) is 24.2. The number of carboxylic acid groups (broad SMARTS) is 1. The van der Waals surface area contributed by atoms with E-state index in [1.54, 1.807) is 0 Å². The molecular weight excluding hydrogens is 408 g/mol. The third kappa shape index (κ3) is 16.1. The number of carboxylic acids is 1. The van der Waals surface area contributed by atoms with Crippen LogP contribution in [0.1, 0.15) is 117 Å². The first-order valence-electron chi connectivity index (χ1n) is 12.8. The van der Waals surface area contributed by atoms with Gasteiger partial charge in [-0.3, -0.25) is 9.59 Å². The molecule has 0 aliphatic carbocycles. The van der Waals surface area contributed by atoms with Gasteiger partial charge in [-0.2, -0.15) is 0 Å². The van der Waals surface area contributed by atoms with Gasteiger partial charge in [-0.25, -0.2) is 4.79 Å². The van der Waals surface area contributed by atoms with Crippen LogP contribution in [0, 0.1) is 5.92 Å². The maximum Gasteiger partial charge on any atom is 0.326 e. The molecule has 3 atom stereocenters. The Labute approximate surface area is 195 Å². The van der Waals surface area contributed by atoms with Crippen LogP contribution in [0.15, 0.2) is 0 Å². The Morgan fingerprint density at radius 2 is 1.50 bits per heavy atom. The quantitative estimate of drug-likeness (QED) is 0.210. The second kappa shape index (κ2) is 20.0. The summed E-state index contributed by atoms with van der Waals surface area (Å²) in [6.45, 7) is 6.83. The summed E-state index contributed by atoms with van der Waals surface area (Å²) < 4.78 is 5.25. The summed E-state index contributed by atoms with van der Waals surface area (Å²) in [6.07, 6.45) is 17.5. The van der Waals surface area contributed by atoms with Gasteiger partial charge in [0.15, 0.2) is 0 Å². The summed E-state index contributed by atoms with van der Waals surface area (Å²) in [4.78, 5) is 32.2. The zero-order valence-electron chi connectivity index (χ0n) is 20.7. The molecule has 0 aromatic carbocycles. The largest absolute Gasteiger partial charge is 0.480 e. The number of rotatable bonds is 17. The van der Waals surface area contributed by atoms with E-state index in [0.29, 0.717) is 19.4 Å². The van der Waals surface area contributed by atoms with Crippen LogP contribution < -0.4 is 11.1 Å². The molecule has 0 bridgehead atoms. The van der Waals surface area contributed by atoms with Gasteiger partial charge in [-0.1, -0.05) is 97.8 Å². The molecule has 1 amide bonds. The molecule has 1 saturated heterocycles. The number of unbranched alkanes of at least 4 members (excludes halogenated alkanes) is 11. The number of esters is 1. The number of nitrogens with one attached hydrogen (secondary N) is 1. The van der Waals surface area contributed by atoms with Crippen LogP contribution in [0.5, 0.6) is 0 Å². The first-order valence-corrected chi connectivity index (χ1v) is 12.8. The van der Waals surface area contributed by atoms with Crippen molar-refractivity contribution in [2.45, 2.75) is 129 Å². The molecule has 1 rings (SSSR count). The molecule has 7 nitrogen and oxygen atoms in total. The number of nitrogens with two attached hydrogens (primary N) is 1. The molecule has 4 N–H and O–H groups in total. The Bertz CT molecular complexity index is 513. The van der Waals surface area contributed by atoms with E-state index in [1.807, 2.05) is 13.8 Å². The lowest BCUT2D eigenvalue weighted by atomic mass is 10.0. The molecule has 188 valence electrons. The van der Waals surface area contributed by atoms with Crippen molar-refractivity contribution in [1.29, 1.82) is 0 Å². The third-order valence-electron chi connectivity index (χ3n) is 6.06.